The predicted molar refractivity (Wildman–Crippen MR) is 120 cm³/mol. The number of benzene rings is 1. The van der Waals surface area contributed by atoms with E-state index in [0.717, 1.165) is 4.90 Å². The molecule has 3 rings (SSSR count). The van der Waals surface area contributed by atoms with Crippen LogP contribution in [0.1, 0.15) is 36.2 Å². The second kappa shape index (κ2) is 10.9. The van der Waals surface area contributed by atoms with Crippen molar-refractivity contribution in [3.63, 3.8) is 0 Å². The van der Waals surface area contributed by atoms with E-state index in [1.165, 1.54) is 13.0 Å². The first kappa shape index (κ1) is 28.1. The number of imide groups is 1. The second-order valence-electron chi connectivity index (χ2n) is 8.75. The van der Waals surface area contributed by atoms with Crippen LogP contribution in [-0.2, 0) is 20.8 Å². The van der Waals surface area contributed by atoms with Gasteiger partial charge < -0.3 is 25.0 Å². The van der Waals surface area contributed by atoms with Gasteiger partial charge in [-0.2, -0.15) is 13.2 Å². The van der Waals surface area contributed by atoms with E-state index in [1.54, 1.807) is 24.4 Å². The van der Waals surface area contributed by atoms with Crippen molar-refractivity contribution in [1.82, 2.24) is 15.1 Å². The molecule has 37 heavy (non-hydrogen) atoms. The van der Waals surface area contributed by atoms with Gasteiger partial charge in [0.1, 0.15) is 11.8 Å². The molecule has 3 atom stereocenters. The summed E-state index contributed by atoms with van der Waals surface area (Å²) in [6.07, 6.45) is -9.44. The highest BCUT2D eigenvalue weighted by molar-refractivity contribution is 6.47. The lowest BCUT2D eigenvalue weighted by Gasteiger charge is -2.34. The summed E-state index contributed by atoms with van der Waals surface area (Å²) in [4.78, 5) is 63.1. The lowest BCUT2D eigenvalue weighted by atomic mass is 9.64. The van der Waals surface area contributed by atoms with E-state index in [1.807, 2.05) is 0 Å². The highest BCUT2D eigenvalue weighted by Gasteiger charge is 2.49. The number of amides is 4. The van der Waals surface area contributed by atoms with Gasteiger partial charge in [-0.3, -0.25) is 24.1 Å². The summed E-state index contributed by atoms with van der Waals surface area (Å²) in [7, 11) is -1.67. The van der Waals surface area contributed by atoms with Crippen LogP contribution in [0.4, 0.5) is 18.0 Å². The van der Waals surface area contributed by atoms with E-state index in [0.29, 0.717) is 10.5 Å². The largest absolute Gasteiger partial charge is 0.535 e. The molecule has 2 heterocycles. The van der Waals surface area contributed by atoms with Crippen molar-refractivity contribution in [3.8, 4) is 5.75 Å². The van der Waals surface area contributed by atoms with Crippen molar-refractivity contribution in [3.05, 3.63) is 29.3 Å². The van der Waals surface area contributed by atoms with Gasteiger partial charge >= 0.3 is 31.1 Å². The van der Waals surface area contributed by atoms with Crippen LogP contribution in [0.3, 0.4) is 0 Å². The van der Waals surface area contributed by atoms with Gasteiger partial charge in [0.25, 0.3) is 0 Å². The summed E-state index contributed by atoms with van der Waals surface area (Å²) in [5.41, 5.74) is 0.618. The first-order chi connectivity index (χ1) is 17.3. The summed E-state index contributed by atoms with van der Waals surface area (Å²) in [6, 6.07) is 0.594. The SMILES string of the molecule is CCN1CCN(C(=O)N[C@H](C(=O)C[C@H]2Cc3cccc(C(C)=O)c3OB2O)[C@H](O)C(F)(F)F)C(=O)C1=O. The number of nitrogens with zero attached hydrogens (tertiary/aromatic N) is 2. The van der Waals surface area contributed by atoms with Gasteiger partial charge in [-0.25, -0.2) is 4.79 Å². The molecule has 0 saturated carbocycles. The summed E-state index contributed by atoms with van der Waals surface area (Å²) in [5.74, 6) is -4.92. The molecule has 1 saturated heterocycles. The zero-order valence-electron chi connectivity index (χ0n) is 19.9. The molecule has 11 nitrogen and oxygen atoms in total. The summed E-state index contributed by atoms with van der Waals surface area (Å²) < 4.78 is 45.5. The smallest absolute Gasteiger partial charge is 0.526 e. The standard InChI is InChI=1S/C22H25BF3N3O8/c1-3-28-7-8-29(20(34)19(28)33)21(35)27-16(18(32)22(24,25)26)15(31)10-13-9-12-5-4-6-14(11(2)30)17(12)37-23(13)36/h4-6,13,16,18,32,36H,3,7-10H2,1-2H3,(H,27,35)/t13-,16-,18+/m1/s1. The number of carbonyl (C=O) groups is 5. The van der Waals surface area contributed by atoms with Crippen molar-refractivity contribution in [2.24, 2.45) is 0 Å². The number of alkyl halides is 3. The number of hydrogen-bond donors (Lipinski definition) is 3. The number of nitrogens with one attached hydrogen (secondary N) is 1. The molecule has 2 aliphatic rings. The normalized spacial score (nSPS) is 19.6. The Morgan fingerprint density at radius 2 is 1.89 bits per heavy atom. The summed E-state index contributed by atoms with van der Waals surface area (Å²) in [6.45, 7) is 2.68. The molecule has 0 radical (unpaired) electrons. The molecule has 1 aromatic rings. The third kappa shape index (κ3) is 5.93. The monoisotopic (exact) mass is 527 g/mol. The Morgan fingerprint density at radius 1 is 1.22 bits per heavy atom. The number of aliphatic hydroxyl groups is 1. The maximum absolute atomic E-state index is 13.4. The Labute approximate surface area is 209 Å². The minimum Gasteiger partial charge on any atom is -0.535 e. The van der Waals surface area contributed by atoms with Crippen molar-refractivity contribution < 1.29 is 51.9 Å². The molecule has 0 aromatic heterocycles. The zero-order valence-corrected chi connectivity index (χ0v) is 19.9. The number of likely N-dealkylation sites (N-methyl/N-ethyl adjacent to an activating group) is 1. The van der Waals surface area contributed by atoms with Gasteiger partial charge in [0, 0.05) is 31.9 Å². The van der Waals surface area contributed by atoms with Crippen LogP contribution in [0.5, 0.6) is 5.75 Å². The molecule has 3 N–H and O–H groups in total. The average molecular weight is 527 g/mol. The number of halogens is 3. The third-order valence-corrected chi connectivity index (χ3v) is 6.28. The van der Waals surface area contributed by atoms with Crippen LogP contribution in [0.15, 0.2) is 18.2 Å². The van der Waals surface area contributed by atoms with E-state index >= 15 is 0 Å². The van der Waals surface area contributed by atoms with Crippen LogP contribution >= 0.6 is 0 Å². The number of rotatable bonds is 7. The van der Waals surface area contributed by atoms with Crippen LogP contribution in [-0.4, -0.2) is 94.4 Å². The fraction of sp³-hybridized carbons (Fsp3) is 0.500. The molecule has 4 amide bonds. The first-order valence-corrected chi connectivity index (χ1v) is 11.4. The maximum Gasteiger partial charge on any atom is 0.526 e. The lowest BCUT2D eigenvalue weighted by molar-refractivity contribution is -0.211. The Bertz CT molecular complexity index is 1120. The molecule has 200 valence electrons. The number of Topliss-reactive ketones (excluding diaryl/α,β-unsaturated/α-hetero) is 2. The van der Waals surface area contributed by atoms with E-state index < -0.39 is 61.3 Å². The Hall–Kier alpha value is -3.46. The number of para-hydroxylation sites is 1. The van der Waals surface area contributed by atoms with Gasteiger partial charge in [0.15, 0.2) is 17.7 Å². The van der Waals surface area contributed by atoms with E-state index in [-0.39, 0.29) is 43.2 Å². The van der Waals surface area contributed by atoms with Crippen molar-refractivity contribution >= 4 is 36.5 Å². The number of hydrogen-bond acceptors (Lipinski definition) is 8. The highest BCUT2D eigenvalue weighted by atomic mass is 19.4. The highest BCUT2D eigenvalue weighted by Crippen LogP contribution is 2.37. The predicted octanol–water partition coefficient (Wildman–Crippen LogP) is 0.326. The van der Waals surface area contributed by atoms with Crippen molar-refractivity contribution in [2.45, 2.75) is 50.8 Å². The summed E-state index contributed by atoms with van der Waals surface area (Å²) >= 11 is 0. The molecule has 1 aromatic carbocycles. The fourth-order valence-electron chi connectivity index (χ4n) is 4.23. The van der Waals surface area contributed by atoms with Crippen molar-refractivity contribution in [2.75, 3.05) is 19.6 Å². The average Bonchev–Trinajstić information content (AvgIpc) is 2.82. The van der Waals surface area contributed by atoms with E-state index in [4.69, 9.17) is 4.65 Å². The number of ketones is 2. The van der Waals surface area contributed by atoms with Crippen LogP contribution < -0.4 is 9.97 Å². The maximum atomic E-state index is 13.4. The van der Waals surface area contributed by atoms with E-state index in [9.17, 15) is 47.3 Å². The Morgan fingerprint density at radius 3 is 2.49 bits per heavy atom. The van der Waals surface area contributed by atoms with Gasteiger partial charge in [-0.05, 0) is 31.9 Å². The van der Waals surface area contributed by atoms with Crippen LogP contribution in [0, 0.1) is 0 Å². The molecular weight excluding hydrogens is 502 g/mol. The third-order valence-electron chi connectivity index (χ3n) is 6.28. The fourth-order valence-corrected chi connectivity index (χ4v) is 4.23. The quantitative estimate of drug-likeness (QED) is 0.261. The molecule has 0 spiro atoms. The Balaban J connectivity index is 1.79. The lowest BCUT2D eigenvalue weighted by Crippen LogP contribution is -2.62. The molecule has 0 unspecified atom stereocenters. The van der Waals surface area contributed by atoms with Gasteiger partial charge in [0.05, 0.1) is 5.56 Å². The molecular formula is C22H25BF3N3O8. The number of urea groups is 1. The van der Waals surface area contributed by atoms with Gasteiger partial charge in [0.2, 0.25) is 0 Å². The zero-order chi connectivity index (χ0) is 27.7. The number of fused-ring (bicyclic) bond motifs is 1. The summed E-state index contributed by atoms with van der Waals surface area (Å²) in [5, 5.41) is 22.0. The molecule has 1 fully saturated rings. The molecule has 15 heteroatoms. The number of piperazine rings is 1. The van der Waals surface area contributed by atoms with E-state index in [2.05, 4.69) is 0 Å². The molecule has 0 bridgehead atoms. The molecule has 0 aliphatic carbocycles. The number of aliphatic hydroxyl groups excluding tert-OH is 1. The first-order valence-electron chi connectivity index (χ1n) is 11.4. The number of carbonyl (C=O) groups excluding carboxylic acids is 5. The van der Waals surface area contributed by atoms with Gasteiger partial charge in [-0.1, -0.05) is 12.1 Å². The minimum absolute atomic E-state index is 0.0435. The van der Waals surface area contributed by atoms with Crippen molar-refractivity contribution in [1.29, 1.82) is 0 Å². The Kier molecular flexibility index (Phi) is 8.27. The van der Waals surface area contributed by atoms with Gasteiger partial charge in [-0.15, -0.1) is 0 Å². The topological polar surface area (TPSA) is 154 Å². The molecule has 2 aliphatic heterocycles. The minimum atomic E-state index is -5.32. The second-order valence-corrected chi connectivity index (χ2v) is 8.75. The van der Waals surface area contributed by atoms with Crippen LogP contribution in [0.25, 0.3) is 0 Å². The van der Waals surface area contributed by atoms with Crippen LogP contribution in [0.2, 0.25) is 5.82 Å².